The monoisotopic (exact) mass is 397 g/mol. The van der Waals surface area contributed by atoms with E-state index in [-0.39, 0.29) is 66.0 Å². The molecule has 0 heterocycles. The molecule has 2 aliphatic rings. The summed E-state index contributed by atoms with van der Waals surface area (Å²) < 4.78 is 10.1. The first-order valence-electron chi connectivity index (χ1n) is 8.45. The first-order valence-corrected chi connectivity index (χ1v) is 8.45. The van der Waals surface area contributed by atoms with Crippen LogP contribution >= 0.6 is 0 Å². The second kappa shape index (κ2) is 10.4. The van der Waals surface area contributed by atoms with E-state index in [1.165, 1.54) is 7.05 Å². The van der Waals surface area contributed by atoms with Gasteiger partial charge in [0.2, 0.25) is 5.91 Å². The maximum atomic E-state index is 12.4. The number of carbonyl (C=O) groups excluding carboxylic acids is 3. The van der Waals surface area contributed by atoms with Gasteiger partial charge in [-0.3, -0.25) is 10.0 Å². The number of hydrogen-bond donors (Lipinski definition) is 2. The van der Waals surface area contributed by atoms with Crippen molar-refractivity contribution in [2.24, 2.45) is 0 Å². The Balaban J connectivity index is 0.00000392. The van der Waals surface area contributed by atoms with Gasteiger partial charge >= 0.3 is 41.5 Å². The summed E-state index contributed by atoms with van der Waals surface area (Å²) in [4.78, 5) is 36.5. The van der Waals surface area contributed by atoms with Crippen LogP contribution in [0.1, 0.15) is 40.1 Å². The Labute approximate surface area is 185 Å². The molecule has 2 aliphatic carbocycles. The Hall–Kier alpha value is -2.13. The second-order valence-electron chi connectivity index (χ2n) is 5.77. The van der Waals surface area contributed by atoms with Gasteiger partial charge in [-0.1, -0.05) is 24.3 Å². The Morgan fingerprint density at radius 2 is 1.39 bits per heavy atom. The molecule has 9 heteroatoms. The fraction of sp³-hybridized carbons (Fsp3) is 0.316. The largest absolute Gasteiger partial charge is 1.00 e. The molecular weight excluding hydrogens is 375 g/mol. The van der Waals surface area contributed by atoms with Crippen LogP contribution in [0.5, 0.6) is 0 Å². The van der Waals surface area contributed by atoms with E-state index >= 15 is 0 Å². The number of hydroxylamine groups is 2. The van der Waals surface area contributed by atoms with E-state index < -0.39 is 17.8 Å². The maximum Gasteiger partial charge on any atom is 1.00 e. The van der Waals surface area contributed by atoms with Crippen LogP contribution < -0.4 is 35.3 Å². The number of ether oxygens (including phenoxy) is 2. The van der Waals surface area contributed by atoms with Gasteiger partial charge in [-0.25, -0.2) is 14.7 Å². The molecule has 144 valence electrons. The van der Waals surface area contributed by atoms with Crippen molar-refractivity contribution in [1.82, 2.24) is 5.06 Å². The summed E-state index contributed by atoms with van der Waals surface area (Å²) in [5.74, 6) is -1.79. The fourth-order valence-corrected chi connectivity index (χ4v) is 2.72. The number of likely N-dealkylation sites (N-methyl/N-ethyl adjacent to an activating group) is 1. The number of fused-ring (bicyclic) bond motifs is 1. The SMILES string of the molecule is CCOC(=O)c1c2ccc(CC(=O)N(C)O)ccc-2c(C(=O)OCC)c1N.[Na+]. The van der Waals surface area contributed by atoms with Crippen molar-refractivity contribution in [3.8, 4) is 11.1 Å². The summed E-state index contributed by atoms with van der Waals surface area (Å²) in [5.41, 5.74) is 7.68. The number of carbonyl (C=O) groups is 3. The van der Waals surface area contributed by atoms with Crippen molar-refractivity contribution < 1.29 is 58.6 Å². The van der Waals surface area contributed by atoms with E-state index in [0.29, 0.717) is 21.8 Å². The topological polar surface area (TPSA) is 119 Å². The normalized spacial score (nSPS) is 10.1. The predicted molar refractivity (Wildman–Crippen MR) is 97.6 cm³/mol. The number of amides is 1. The third-order valence-electron chi connectivity index (χ3n) is 3.97. The molecule has 8 nitrogen and oxygen atoms in total. The number of anilines is 1. The zero-order valence-electron chi connectivity index (χ0n) is 16.4. The molecule has 0 saturated heterocycles. The average Bonchev–Trinajstić information content (AvgIpc) is 2.74. The standard InChI is InChI=1S/C19H22N2O6.Na/c1-4-26-18(23)15-12-8-6-11(10-14(22)21(3)25)7-9-13(12)16(17(15)20)19(24)27-5-2;/h6-9,25H,4-5,10,20H2,1-3H3;/q;+1. The molecule has 3 N–H and O–H groups in total. The summed E-state index contributed by atoms with van der Waals surface area (Å²) in [7, 11) is 1.24. The Bertz CT molecular complexity index is 797. The predicted octanol–water partition coefficient (Wildman–Crippen LogP) is -0.879. The van der Waals surface area contributed by atoms with Crippen molar-refractivity contribution in [3.05, 3.63) is 41.0 Å². The van der Waals surface area contributed by atoms with Gasteiger partial charge in [0.05, 0.1) is 36.4 Å². The molecule has 1 amide bonds. The van der Waals surface area contributed by atoms with Gasteiger partial charge in [0, 0.05) is 7.05 Å². The number of nitrogens with two attached hydrogens (primary N) is 1. The Kier molecular flexibility index (Phi) is 8.90. The van der Waals surface area contributed by atoms with Crippen LogP contribution in [0.3, 0.4) is 0 Å². The minimum absolute atomic E-state index is 0. The second-order valence-corrected chi connectivity index (χ2v) is 5.77. The zero-order valence-corrected chi connectivity index (χ0v) is 18.4. The van der Waals surface area contributed by atoms with Crippen LogP contribution in [0.15, 0.2) is 24.3 Å². The van der Waals surface area contributed by atoms with E-state index in [2.05, 4.69) is 0 Å². The third kappa shape index (κ3) is 5.02. The molecule has 0 fully saturated rings. The third-order valence-corrected chi connectivity index (χ3v) is 3.97. The van der Waals surface area contributed by atoms with Gasteiger partial charge in [0.15, 0.2) is 0 Å². The molecule has 0 atom stereocenters. The van der Waals surface area contributed by atoms with Crippen LogP contribution in [0.25, 0.3) is 11.1 Å². The minimum Gasteiger partial charge on any atom is -0.462 e. The molecule has 2 rings (SSSR count). The number of rotatable bonds is 6. The zero-order chi connectivity index (χ0) is 20.1. The van der Waals surface area contributed by atoms with E-state index in [9.17, 15) is 19.6 Å². The summed E-state index contributed by atoms with van der Waals surface area (Å²) in [6.07, 6.45) is -0.0523. The van der Waals surface area contributed by atoms with E-state index in [0.717, 1.165) is 0 Å². The first kappa shape index (κ1) is 23.9. The van der Waals surface area contributed by atoms with Crippen molar-refractivity contribution >= 4 is 23.5 Å². The van der Waals surface area contributed by atoms with Crippen molar-refractivity contribution in [2.45, 2.75) is 20.3 Å². The molecule has 0 aromatic carbocycles. The summed E-state index contributed by atoms with van der Waals surface area (Å²) in [6.45, 7) is 3.64. The molecule has 0 radical (unpaired) electrons. The van der Waals surface area contributed by atoms with Crippen molar-refractivity contribution in [3.63, 3.8) is 0 Å². The van der Waals surface area contributed by atoms with Gasteiger partial charge in [-0.2, -0.15) is 0 Å². The molecule has 0 spiro atoms. The minimum atomic E-state index is -0.644. The van der Waals surface area contributed by atoms with Gasteiger partial charge in [-0.05, 0) is 30.5 Å². The molecule has 28 heavy (non-hydrogen) atoms. The molecule has 0 unspecified atom stereocenters. The van der Waals surface area contributed by atoms with Crippen molar-refractivity contribution in [1.29, 1.82) is 0 Å². The van der Waals surface area contributed by atoms with Crippen LogP contribution in [-0.4, -0.2) is 48.4 Å². The van der Waals surface area contributed by atoms with E-state index in [1.807, 2.05) is 0 Å². The van der Waals surface area contributed by atoms with Crippen LogP contribution in [0.2, 0.25) is 0 Å². The summed E-state index contributed by atoms with van der Waals surface area (Å²) in [6, 6.07) is 6.45. The Morgan fingerprint density at radius 3 is 1.75 bits per heavy atom. The Morgan fingerprint density at radius 1 is 0.964 bits per heavy atom. The quantitative estimate of drug-likeness (QED) is 0.281. The number of hydrogen-bond acceptors (Lipinski definition) is 7. The van der Waals surface area contributed by atoms with Gasteiger partial charge in [-0.15, -0.1) is 0 Å². The smallest absolute Gasteiger partial charge is 0.462 e. The van der Waals surface area contributed by atoms with Crippen LogP contribution in [0, 0.1) is 0 Å². The molecule has 0 aliphatic heterocycles. The molecular formula is C19H22N2NaO6+. The van der Waals surface area contributed by atoms with Crippen LogP contribution in [-0.2, 0) is 20.7 Å². The summed E-state index contributed by atoms with van der Waals surface area (Å²) in [5, 5.41) is 9.73. The first-order chi connectivity index (χ1) is 12.8. The van der Waals surface area contributed by atoms with E-state index in [4.69, 9.17) is 15.2 Å². The van der Waals surface area contributed by atoms with E-state index in [1.54, 1.807) is 38.1 Å². The van der Waals surface area contributed by atoms with Gasteiger partial charge < -0.3 is 15.2 Å². The fourth-order valence-electron chi connectivity index (χ4n) is 2.72. The van der Waals surface area contributed by atoms with Gasteiger partial charge in [0.1, 0.15) is 0 Å². The summed E-state index contributed by atoms with van der Waals surface area (Å²) >= 11 is 0. The molecule has 0 bridgehead atoms. The molecule has 0 aromatic heterocycles. The number of esters is 2. The van der Waals surface area contributed by atoms with Crippen LogP contribution in [0.4, 0.5) is 5.69 Å². The number of nitrogen functional groups attached to an aromatic ring is 1. The molecule has 0 saturated carbocycles. The molecule has 0 aromatic rings. The maximum absolute atomic E-state index is 12.4. The average molecular weight is 397 g/mol. The number of nitrogens with zero attached hydrogens (tertiary/aromatic N) is 1. The van der Waals surface area contributed by atoms with Crippen molar-refractivity contribution in [2.75, 3.05) is 26.0 Å². The van der Waals surface area contributed by atoms with Gasteiger partial charge in [0.25, 0.3) is 0 Å².